The van der Waals surface area contributed by atoms with Crippen LogP contribution in [0.15, 0.2) is 36.5 Å². The molecule has 4 nitrogen and oxygen atoms in total. The molecule has 2 aliphatic rings. The Kier molecular flexibility index (Phi) is 3.92. The van der Waals surface area contributed by atoms with Gasteiger partial charge >= 0.3 is 0 Å². The molecule has 120 valence electrons. The lowest BCUT2D eigenvalue weighted by Crippen LogP contribution is -2.28. The standard InChI is InChI=1S/C19H22N2O2/c22-19-5-1-4-18-17(19)10-12-21(18)15-6-8-16(9-7-15)23-13-14-3-2-11-20-14/h6-10,12,14,20H,1-5,11,13H2/t14-/m1/s1. The maximum absolute atomic E-state index is 12.0. The first-order chi connectivity index (χ1) is 11.3. The number of ketones is 1. The van der Waals surface area contributed by atoms with Gasteiger partial charge in [-0.25, -0.2) is 0 Å². The van der Waals surface area contributed by atoms with Gasteiger partial charge in [-0.1, -0.05) is 0 Å². The lowest BCUT2D eigenvalue weighted by Gasteiger charge is -2.16. The fourth-order valence-electron chi connectivity index (χ4n) is 3.57. The third kappa shape index (κ3) is 2.91. The van der Waals surface area contributed by atoms with Crippen molar-refractivity contribution >= 4 is 5.78 Å². The van der Waals surface area contributed by atoms with Crippen LogP contribution in [0.2, 0.25) is 0 Å². The molecule has 1 aliphatic carbocycles. The Morgan fingerprint density at radius 1 is 1.13 bits per heavy atom. The summed E-state index contributed by atoms with van der Waals surface area (Å²) in [5, 5.41) is 3.44. The van der Waals surface area contributed by atoms with E-state index in [1.807, 2.05) is 24.4 Å². The molecule has 0 unspecified atom stereocenters. The van der Waals surface area contributed by atoms with Crippen LogP contribution in [0, 0.1) is 0 Å². The number of Topliss-reactive ketones (excluding diaryl/α,β-unsaturated/α-hetero) is 1. The second-order valence-electron chi connectivity index (χ2n) is 6.42. The van der Waals surface area contributed by atoms with Gasteiger partial charge in [0.2, 0.25) is 0 Å². The third-order valence-electron chi connectivity index (χ3n) is 4.84. The minimum absolute atomic E-state index is 0.272. The number of hydrogen-bond donors (Lipinski definition) is 1. The average molecular weight is 310 g/mol. The van der Waals surface area contributed by atoms with Gasteiger partial charge in [0.05, 0.1) is 0 Å². The van der Waals surface area contributed by atoms with Gasteiger partial charge in [-0.2, -0.15) is 0 Å². The van der Waals surface area contributed by atoms with Gasteiger partial charge in [-0.3, -0.25) is 4.79 Å². The molecular formula is C19H22N2O2. The Hall–Kier alpha value is -2.07. The summed E-state index contributed by atoms with van der Waals surface area (Å²) in [4.78, 5) is 12.0. The van der Waals surface area contributed by atoms with E-state index in [-0.39, 0.29) is 5.78 Å². The molecule has 1 aromatic carbocycles. The van der Waals surface area contributed by atoms with Crippen molar-refractivity contribution in [1.82, 2.24) is 9.88 Å². The molecule has 1 N–H and O–H groups in total. The zero-order chi connectivity index (χ0) is 15.6. The van der Waals surface area contributed by atoms with E-state index in [1.165, 1.54) is 12.8 Å². The topological polar surface area (TPSA) is 43.3 Å². The Bertz CT molecular complexity index is 697. The summed E-state index contributed by atoms with van der Waals surface area (Å²) < 4.78 is 8.00. The lowest BCUT2D eigenvalue weighted by atomic mass is 9.97. The van der Waals surface area contributed by atoms with Crippen molar-refractivity contribution in [2.45, 2.75) is 38.1 Å². The van der Waals surface area contributed by atoms with Crippen molar-refractivity contribution < 1.29 is 9.53 Å². The fraction of sp³-hybridized carbons (Fsp3) is 0.421. The average Bonchev–Trinajstić information content (AvgIpc) is 3.24. The first-order valence-electron chi connectivity index (χ1n) is 8.51. The minimum Gasteiger partial charge on any atom is -0.492 e. The monoisotopic (exact) mass is 310 g/mol. The summed E-state index contributed by atoms with van der Waals surface area (Å²) in [7, 11) is 0. The first-order valence-corrected chi connectivity index (χ1v) is 8.51. The van der Waals surface area contributed by atoms with Crippen LogP contribution in [0.4, 0.5) is 0 Å². The summed E-state index contributed by atoms with van der Waals surface area (Å²) in [5.41, 5.74) is 3.13. The number of carbonyl (C=O) groups is 1. The summed E-state index contributed by atoms with van der Waals surface area (Å²) in [6, 6.07) is 10.6. The van der Waals surface area contributed by atoms with E-state index in [9.17, 15) is 4.79 Å². The van der Waals surface area contributed by atoms with E-state index in [0.717, 1.165) is 48.7 Å². The van der Waals surface area contributed by atoms with Crippen LogP contribution in [0.25, 0.3) is 5.69 Å². The number of aromatic nitrogens is 1. The molecule has 1 atom stereocenters. The highest BCUT2D eigenvalue weighted by Crippen LogP contribution is 2.26. The largest absolute Gasteiger partial charge is 0.492 e. The van der Waals surface area contributed by atoms with Gasteiger partial charge < -0.3 is 14.6 Å². The zero-order valence-corrected chi connectivity index (χ0v) is 13.3. The zero-order valence-electron chi connectivity index (χ0n) is 13.3. The second kappa shape index (κ2) is 6.20. The Labute approximate surface area is 136 Å². The van der Waals surface area contributed by atoms with Gasteiger partial charge in [0.1, 0.15) is 12.4 Å². The molecule has 2 aromatic rings. The summed E-state index contributed by atoms with van der Waals surface area (Å²) in [6.45, 7) is 1.83. The number of benzene rings is 1. The predicted octanol–water partition coefficient (Wildman–Crippen LogP) is 3.13. The Balaban J connectivity index is 1.49. The SMILES string of the molecule is O=C1CCCc2c1ccn2-c1ccc(OC[C@H]2CCCN2)cc1. The number of nitrogens with zero attached hydrogens (tertiary/aromatic N) is 1. The van der Waals surface area contributed by atoms with E-state index in [0.29, 0.717) is 12.5 Å². The first kappa shape index (κ1) is 14.5. The molecular weight excluding hydrogens is 288 g/mol. The normalized spacial score (nSPS) is 20.5. The highest BCUT2D eigenvalue weighted by molar-refractivity contribution is 5.98. The van der Waals surface area contributed by atoms with Crippen molar-refractivity contribution in [3.8, 4) is 11.4 Å². The molecule has 23 heavy (non-hydrogen) atoms. The van der Waals surface area contributed by atoms with Crippen molar-refractivity contribution in [1.29, 1.82) is 0 Å². The predicted molar refractivity (Wildman–Crippen MR) is 89.6 cm³/mol. The lowest BCUT2D eigenvalue weighted by molar-refractivity contribution is 0.0972. The third-order valence-corrected chi connectivity index (χ3v) is 4.84. The van der Waals surface area contributed by atoms with Crippen LogP contribution < -0.4 is 10.1 Å². The molecule has 0 spiro atoms. The molecule has 4 rings (SSSR count). The molecule has 1 saturated heterocycles. The molecule has 0 amide bonds. The van der Waals surface area contributed by atoms with E-state index < -0.39 is 0 Å². The van der Waals surface area contributed by atoms with Crippen molar-refractivity contribution in [3.63, 3.8) is 0 Å². The van der Waals surface area contributed by atoms with Crippen LogP contribution in [0.3, 0.4) is 0 Å². The maximum Gasteiger partial charge on any atom is 0.164 e. The molecule has 1 fully saturated rings. The number of hydrogen-bond acceptors (Lipinski definition) is 3. The highest BCUT2D eigenvalue weighted by Gasteiger charge is 2.21. The van der Waals surface area contributed by atoms with Crippen molar-refractivity contribution in [2.75, 3.05) is 13.2 Å². The highest BCUT2D eigenvalue weighted by atomic mass is 16.5. The van der Waals surface area contributed by atoms with Crippen LogP contribution in [0.5, 0.6) is 5.75 Å². The molecule has 0 saturated carbocycles. The van der Waals surface area contributed by atoms with E-state index in [1.54, 1.807) is 0 Å². The Morgan fingerprint density at radius 3 is 2.78 bits per heavy atom. The number of fused-ring (bicyclic) bond motifs is 1. The van der Waals surface area contributed by atoms with E-state index in [2.05, 4.69) is 22.0 Å². The van der Waals surface area contributed by atoms with Gasteiger partial charge in [-0.05, 0) is 62.6 Å². The van der Waals surface area contributed by atoms with E-state index >= 15 is 0 Å². The second-order valence-corrected chi connectivity index (χ2v) is 6.42. The molecule has 1 aliphatic heterocycles. The molecule has 1 aromatic heterocycles. The van der Waals surface area contributed by atoms with Gasteiger partial charge in [-0.15, -0.1) is 0 Å². The molecule has 0 bridgehead atoms. The molecule has 4 heteroatoms. The number of ether oxygens (including phenoxy) is 1. The Morgan fingerprint density at radius 2 is 2.00 bits per heavy atom. The fourth-order valence-corrected chi connectivity index (χ4v) is 3.57. The number of carbonyl (C=O) groups excluding carboxylic acids is 1. The maximum atomic E-state index is 12.0. The van der Waals surface area contributed by atoms with Crippen molar-refractivity contribution in [3.05, 3.63) is 47.8 Å². The van der Waals surface area contributed by atoms with Gasteiger partial charge in [0.15, 0.2) is 5.78 Å². The number of nitrogens with one attached hydrogen (secondary N) is 1. The molecule has 0 radical (unpaired) electrons. The van der Waals surface area contributed by atoms with Crippen LogP contribution in [-0.4, -0.2) is 29.5 Å². The van der Waals surface area contributed by atoms with Crippen molar-refractivity contribution in [2.24, 2.45) is 0 Å². The van der Waals surface area contributed by atoms with Gasteiger partial charge in [0, 0.05) is 35.6 Å². The van der Waals surface area contributed by atoms with Crippen LogP contribution in [-0.2, 0) is 6.42 Å². The quantitative estimate of drug-likeness (QED) is 0.943. The van der Waals surface area contributed by atoms with E-state index in [4.69, 9.17) is 4.74 Å². The molecule has 2 heterocycles. The van der Waals surface area contributed by atoms with Crippen LogP contribution >= 0.6 is 0 Å². The minimum atomic E-state index is 0.272. The van der Waals surface area contributed by atoms with Gasteiger partial charge in [0.25, 0.3) is 0 Å². The summed E-state index contributed by atoms with van der Waals surface area (Å²) in [6.07, 6.45) is 7.04. The smallest absolute Gasteiger partial charge is 0.164 e. The number of rotatable bonds is 4. The summed E-state index contributed by atoms with van der Waals surface area (Å²) >= 11 is 0. The van der Waals surface area contributed by atoms with Crippen LogP contribution in [0.1, 0.15) is 41.7 Å². The summed E-state index contributed by atoms with van der Waals surface area (Å²) in [5.74, 6) is 1.17.